The molecule has 40 heavy (non-hydrogen) atoms. The Morgan fingerprint density at radius 3 is 2.58 bits per heavy atom. The number of fused-ring (bicyclic) bond motifs is 2. The Hall–Kier alpha value is -3.08. The maximum atomic E-state index is 15.3. The van der Waals surface area contributed by atoms with E-state index in [4.69, 9.17) is 4.74 Å². The van der Waals surface area contributed by atoms with E-state index in [1.807, 2.05) is 22.6 Å². The van der Waals surface area contributed by atoms with Crippen molar-refractivity contribution in [1.29, 1.82) is 0 Å². The van der Waals surface area contributed by atoms with E-state index in [0.717, 1.165) is 13.7 Å². The van der Waals surface area contributed by atoms with E-state index in [0.29, 0.717) is 16.4 Å². The fraction of sp³-hybridized carbons (Fsp3) is 0.346. The van der Waals surface area contributed by atoms with Gasteiger partial charge in [0.1, 0.15) is 22.6 Å². The van der Waals surface area contributed by atoms with Crippen LogP contribution in [0.4, 0.5) is 4.39 Å². The van der Waals surface area contributed by atoms with Gasteiger partial charge >= 0.3 is 5.69 Å². The molecular formula is C26H25FIN5O6S. The number of nitrogens with one attached hydrogen (secondary N) is 2. The first-order valence-electron chi connectivity index (χ1n) is 12.5. The molecule has 3 aliphatic rings. The van der Waals surface area contributed by atoms with Crippen molar-refractivity contribution in [3.63, 3.8) is 0 Å². The molecule has 6 rings (SSSR count). The molecule has 11 nitrogen and oxygen atoms in total. The molecule has 2 fully saturated rings. The van der Waals surface area contributed by atoms with Gasteiger partial charge in [-0.1, -0.05) is 6.08 Å². The van der Waals surface area contributed by atoms with Crippen LogP contribution in [0.3, 0.4) is 0 Å². The normalized spacial score (nSPS) is 23.6. The SMILES string of the molecule is Cc1c(OC2=CC3(C)NS(=O)(=O)NCC3C=C2)c2c(=O)n(C3CC3)c(=O)n(-c3ccc(I)cc3F)c2n(C)c1=O. The number of halogens is 2. The van der Waals surface area contributed by atoms with Crippen LogP contribution in [0.2, 0.25) is 0 Å². The van der Waals surface area contributed by atoms with Gasteiger partial charge in [0.05, 0.1) is 16.8 Å². The first-order chi connectivity index (χ1) is 18.8. The highest BCUT2D eigenvalue weighted by atomic mass is 127. The summed E-state index contributed by atoms with van der Waals surface area (Å²) in [6.45, 7) is 3.39. The van der Waals surface area contributed by atoms with Crippen LogP contribution in [0.1, 0.15) is 31.4 Å². The molecule has 3 heterocycles. The van der Waals surface area contributed by atoms with Crippen LogP contribution in [-0.4, -0.2) is 34.2 Å². The molecule has 1 saturated carbocycles. The van der Waals surface area contributed by atoms with Gasteiger partial charge in [0.15, 0.2) is 5.75 Å². The van der Waals surface area contributed by atoms with Crippen LogP contribution in [0, 0.1) is 22.2 Å². The molecule has 0 bridgehead atoms. The van der Waals surface area contributed by atoms with Gasteiger partial charge in [0.25, 0.3) is 21.3 Å². The molecule has 0 radical (unpaired) electrons. The molecular weight excluding hydrogens is 656 g/mol. The molecule has 2 atom stereocenters. The molecule has 2 N–H and O–H groups in total. The summed E-state index contributed by atoms with van der Waals surface area (Å²) in [5, 5.41) is -0.0588. The smallest absolute Gasteiger partial charge is 0.337 e. The lowest BCUT2D eigenvalue weighted by Crippen LogP contribution is -2.61. The van der Waals surface area contributed by atoms with Gasteiger partial charge in [-0.2, -0.15) is 13.1 Å². The number of benzene rings is 1. The number of ether oxygens (including phenoxy) is 1. The van der Waals surface area contributed by atoms with Crippen molar-refractivity contribution in [3.8, 4) is 11.4 Å². The first-order valence-corrected chi connectivity index (χ1v) is 15.1. The highest BCUT2D eigenvalue weighted by molar-refractivity contribution is 14.1. The molecule has 14 heteroatoms. The highest BCUT2D eigenvalue weighted by Gasteiger charge is 2.42. The molecule has 1 saturated heterocycles. The summed E-state index contributed by atoms with van der Waals surface area (Å²) in [4.78, 5) is 41.1. The van der Waals surface area contributed by atoms with E-state index in [1.54, 1.807) is 31.2 Å². The second-order valence-corrected chi connectivity index (χ2v) is 13.2. The number of aryl methyl sites for hydroxylation is 1. The zero-order valence-electron chi connectivity index (χ0n) is 21.7. The van der Waals surface area contributed by atoms with Crippen molar-refractivity contribution in [2.24, 2.45) is 13.0 Å². The van der Waals surface area contributed by atoms with Crippen LogP contribution in [0.5, 0.6) is 5.75 Å². The molecule has 2 aromatic heterocycles. The van der Waals surface area contributed by atoms with E-state index in [2.05, 4.69) is 9.44 Å². The molecule has 1 aliphatic heterocycles. The Balaban J connectivity index is 1.65. The summed E-state index contributed by atoms with van der Waals surface area (Å²) in [6, 6.07) is 3.97. The number of allylic oxidation sites excluding steroid dienone is 1. The van der Waals surface area contributed by atoms with Crippen molar-refractivity contribution in [3.05, 3.63) is 88.3 Å². The Morgan fingerprint density at radius 1 is 1.18 bits per heavy atom. The van der Waals surface area contributed by atoms with Crippen LogP contribution >= 0.6 is 22.6 Å². The Morgan fingerprint density at radius 2 is 1.90 bits per heavy atom. The van der Waals surface area contributed by atoms with Gasteiger partial charge in [0.2, 0.25) is 0 Å². The third-order valence-corrected chi connectivity index (χ3v) is 9.54. The molecule has 3 aromatic rings. The maximum Gasteiger partial charge on any atom is 0.337 e. The molecule has 0 spiro atoms. The van der Waals surface area contributed by atoms with E-state index in [-0.39, 0.29) is 52.3 Å². The lowest BCUT2D eigenvalue weighted by Gasteiger charge is -2.40. The van der Waals surface area contributed by atoms with Gasteiger partial charge < -0.3 is 4.74 Å². The number of aromatic nitrogens is 3. The molecule has 2 unspecified atom stereocenters. The predicted octanol–water partition coefficient (Wildman–Crippen LogP) is 1.88. The Kier molecular flexibility index (Phi) is 6.25. The van der Waals surface area contributed by atoms with E-state index >= 15 is 4.39 Å². The second-order valence-electron chi connectivity index (χ2n) is 10.5. The second kappa shape index (κ2) is 9.22. The fourth-order valence-electron chi connectivity index (χ4n) is 5.38. The van der Waals surface area contributed by atoms with E-state index < -0.39 is 38.4 Å². The monoisotopic (exact) mass is 681 g/mol. The lowest BCUT2D eigenvalue weighted by atomic mass is 9.82. The van der Waals surface area contributed by atoms with Crippen LogP contribution in [-0.2, 0) is 17.3 Å². The highest BCUT2D eigenvalue weighted by Crippen LogP contribution is 2.36. The number of rotatable bonds is 4. The number of nitrogens with zero attached hydrogens (tertiary/aromatic N) is 3. The van der Waals surface area contributed by atoms with Gasteiger partial charge in [-0.05, 0) is 79.6 Å². The Labute approximate surface area is 241 Å². The van der Waals surface area contributed by atoms with Gasteiger partial charge in [0, 0.05) is 29.1 Å². The van der Waals surface area contributed by atoms with Gasteiger partial charge in [-0.25, -0.2) is 18.5 Å². The standard InChI is InChI=1S/C26H25FIN5O6S/c1-13-21(39-17-8-4-14-12-29-40(37,38)30-26(14,2)11-17)20-22(31(3)23(13)34)33(19-9-5-15(28)10-18(19)27)25(36)32(24(20)35)16-6-7-16/h4-5,8-11,14,16,29-30H,6-7,12H2,1-3H3. The number of pyridine rings is 1. The van der Waals surface area contributed by atoms with Crippen molar-refractivity contribution in [1.82, 2.24) is 23.1 Å². The minimum atomic E-state index is -3.74. The summed E-state index contributed by atoms with van der Waals surface area (Å²) >= 11 is 1.95. The zero-order chi connectivity index (χ0) is 28.7. The van der Waals surface area contributed by atoms with Crippen molar-refractivity contribution < 1.29 is 17.5 Å². The van der Waals surface area contributed by atoms with Crippen LogP contribution in [0.15, 0.2) is 56.6 Å². The summed E-state index contributed by atoms with van der Waals surface area (Å²) in [5.74, 6) is -0.781. The quantitative estimate of drug-likeness (QED) is 0.405. The van der Waals surface area contributed by atoms with Crippen LogP contribution < -0.4 is 31.0 Å². The maximum absolute atomic E-state index is 15.3. The fourth-order valence-corrected chi connectivity index (χ4v) is 7.09. The third-order valence-electron chi connectivity index (χ3n) is 7.61. The molecule has 1 aromatic carbocycles. The first kappa shape index (κ1) is 27.1. The molecule has 210 valence electrons. The van der Waals surface area contributed by atoms with Gasteiger partial charge in [-0.3, -0.25) is 18.7 Å². The molecule has 2 aliphatic carbocycles. The minimum Gasteiger partial charge on any atom is -0.456 e. The van der Waals surface area contributed by atoms with E-state index in [9.17, 15) is 22.8 Å². The number of hydrogen-bond donors (Lipinski definition) is 2. The zero-order valence-corrected chi connectivity index (χ0v) is 24.7. The minimum absolute atomic E-state index is 0.0588. The summed E-state index contributed by atoms with van der Waals surface area (Å²) < 4.78 is 54.9. The largest absolute Gasteiger partial charge is 0.456 e. The summed E-state index contributed by atoms with van der Waals surface area (Å²) in [7, 11) is -2.33. The molecule has 0 amide bonds. The Bertz CT molecular complexity index is 1970. The predicted molar refractivity (Wildman–Crippen MR) is 155 cm³/mol. The summed E-state index contributed by atoms with van der Waals surface area (Å²) in [6.07, 6.45) is 6.23. The topological polar surface area (TPSA) is 133 Å². The van der Waals surface area contributed by atoms with Crippen LogP contribution in [0.25, 0.3) is 16.7 Å². The van der Waals surface area contributed by atoms with E-state index in [1.165, 1.54) is 26.1 Å². The average molecular weight is 681 g/mol. The number of hydrogen-bond acceptors (Lipinski definition) is 6. The lowest BCUT2D eigenvalue weighted by molar-refractivity contribution is 0.332. The van der Waals surface area contributed by atoms with Crippen molar-refractivity contribution in [2.75, 3.05) is 6.54 Å². The average Bonchev–Trinajstić information content (AvgIpc) is 3.70. The van der Waals surface area contributed by atoms with Crippen molar-refractivity contribution in [2.45, 2.75) is 38.3 Å². The van der Waals surface area contributed by atoms with Crippen molar-refractivity contribution >= 4 is 43.8 Å². The third kappa shape index (κ3) is 4.28. The summed E-state index contributed by atoms with van der Waals surface area (Å²) in [5.41, 5.74) is -3.08. The van der Waals surface area contributed by atoms with Gasteiger partial charge in [-0.15, -0.1) is 0 Å².